The van der Waals surface area contributed by atoms with Crippen molar-refractivity contribution in [3.63, 3.8) is 0 Å². The summed E-state index contributed by atoms with van der Waals surface area (Å²) < 4.78 is 0. The molecular weight excluding hydrogens is 316 g/mol. The molecule has 0 radical (unpaired) electrons. The van der Waals surface area contributed by atoms with Crippen LogP contribution in [0.3, 0.4) is 0 Å². The molecule has 2 heterocycles. The molecule has 0 saturated carbocycles. The third-order valence-corrected chi connectivity index (χ3v) is 5.07. The Hall–Kier alpha value is -2.08. The van der Waals surface area contributed by atoms with Gasteiger partial charge in [0.15, 0.2) is 0 Å². The van der Waals surface area contributed by atoms with Crippen molar-refractivity contribution < 1.29 is 9.59 Å². The van der Waals surface area contributed by atoms with E-state index >= 15 is 0 Å². The molecule has 6 nitrogen and oxygen atoms in total. The van der Waals surface area contributed by atoms with E-state index in [-0.39, 0.29) is 18.0 Å². The lowest BCUT2D eigenvalue weighted by Gasteiger charge is -2.26. The van der Waals surface area contributed by atoms with E-state index in [9.17, 15) is 9.59 Å². The molecule has 0 bridgehead atoms. The third-order valence-electron chi connectivity index (χ3n) is 5.07. The van der Waals surface area contributed by atoms with Gasteiger partial charge in [-0.1, -0.05) is 30.3 Å². The fourth-order valence-electron chi connectivity index (χ4n) is 3.74. The van der Waals surface area contributed by atoms with Crippen molar-refractivity contribution in [2.24, 2.45) is 0 Å². The first-order valence-electron chi connectivity index (χ1n) is 9.28. The van der Waals surface area contributed by atoms with Gasteiger partial charge < -0.3 is 15.1 Å². The summed E-state index contributed by atoms with van der Waals surface area (Å²) in [4.78, 5) is 31.0. The molecule has 1 atom stereocenters. The Morgan fingerprint density at radius 1 is 1.12 bits per heavy atom. The molecule has 2 aliphatic heterocycles. The maximum atomic E-state index is 12.8. The molecule has 136 valence electrons. The normalized spacial score (nSPS) is 22.1. The fraction of sp³-hybridized carbons (Fsp3) is 0.579. The largest absolute Gasteiger partial charge is 0.338 e. The number of benzene rings is 1. The lowest BCUT2D eigenvalue weighted by atomic mass is 10.2. The molecule has 2 saturated heterocycles. The molecule has 2 aliphatic rings. The van der Waals surface area contributed by atoms with E-state index in [0.717, 1.165) is 39.0 Å². The summed E-state index contributed by atoms with van der Waals surface area (Å²) in [6.45, 7) is 7.18. The summed E-state index contributed by atoms with van der Waals surface area (Å²) in [6, 6.07) is 10.1. The lowest BCUT2D eigenvalue weighted by molar-refractivity contribution is -0.132. The number of carbonyl (C=O) groups is 2. The Morgan fingerprint density at radius 3 is 2.68 bits per heavy atom. The smallest absolute Gasteiger partial charge is 0.317 e. The monoisotopic (exact) mass is 344 g/mol. The van der Waals surface area contributed by atoms with Crippen LogP contribution < -0.4 is 5.32 Å². The first-order chi connectivity index (χ1) is 12.2. The zero-order valence-electron chi connectivity index (χ0n) is 15.0. The van der Waals surface area contributed by atoms with Gasteiger partial charge in [-0.3, -0.25) is 9.69 Å². The number of likely N-dealkylation sites (tertiary alicyclic amines) is 1. The summed E-state index contributed by atoms with van der Waals surface area (Å²) in [6.07, 6.45) is 1.80. The predicted octanol–water partition coefficient (Wildman–Crippen LogP) is 1.52. The second-order valence-corrected chi connectivity index (χ2v) is 6.76. The van der Waals surface area contributed by atoms with Crippen LogP contribution >= 0.6 is 0 Å². The quantitative estimate of drug-likeness (QED) is 0.901. The van der Waals surface area contributed by atoms with Gasteiger partial charge in [0.05, 0.1) is 6.04 Å². The maximum absolute atomic E-state index is 12.8. The highest BCUT2D eigenvalue weighted by molar-refractivity contribution is 5.84. The molecule has 0 spiro atoms. The van der Waals surface area contributed by atoms with E-state index in [4.69, 9.17) is 0 Å². The molecule has 25 heavy (non-hydrogen) atoms. The summed E-state index contributed by atoms with van der Waals surface area (Å²) in [5.41, 5.74) is 1.18. The second kappa shape index (κ2) is 8.34. The van der Waals surface area contributed by atoms with Crippen molar-refractivity contribution in [2.75, 3.05) is 39.3 Å². The number of nitrogens with zero attached hydrogens (tertiary/aromatic N) is 3. The van der Waals surface area contributed by atoms with Crippen molar-refractivity contribution in [3.8, 4) is 0 Å². The number of urea groups is 1. The van der Waals surface area contributed by atoms with Gasteiger partial charge in [-0.25, -0.2) is 4.79 Å². The standard InChI is InChI=1S/C19H28N4O2/c1-2-20-19(25)22-11-6-10-21(13-14-22)17-9-12-23(18(17)24)15-16-7-4-3-5-8-16/h3-5,7-8,17H,2,6,9-15H2,1H3,(H,20,25)/t17-/m0/s1. The molecule has 3 rings (SSSR count). The SMILES string of the molecule is CCNC(=O)N1CCCN([C@H]2CCN(Cc3ccccc3)C2=O)CC1. The molecule has 0 unspecified atom stereocenters. The van der Waals surface area contributed by atoms with E-state index in [0.29, 0.717) is 19.6 Å². The maximum Gasteiger partial charge on any atom is 0.317 e. The Kier molecular flexibility index (Phi) is 5.91. The highest BCUT2D eigenvalue weighted by Gasteiger charge is 2.36. The van der Waals surface area contributed by atoms with Gasteiger partial charge in [0.25, 0.3) is 0 Å². The van der Waals surface area contributed by atoms with Crippen molar-refractivity contribution in [2.45, 2.75) is 32.4 Å². The molecule has 0 aliphatic carbocycles. The zero-order chi connectivity index (χ0) is 17.6. The minimum Gasteiger partial charge on any atom is -0.338 e. The third kappa shape index (κ3) is 4.31. The topological polar surface area (TPSA) is 55.9 Å². The summed E-state index contributed by atoms with van der Waals surface area (Å²) in [5.74, 6) is 0.232. The van der Waals surface area contributed by atoms with Crippen LogP contribution in [-0.4, -0.2) is 71.9 Å². The van der Waals surface area contributed by atoms with Crippen LogP contribution in [0.1, 0.15) is 25.3 Å². The number of rotatable bonds is 4. The second-order valence-electron chi connectivity index (χ2n) is 6.76. The predicted molar refractivity (Wildman–Crippen MR) is 97.1 cm³/mol. The van der Waals surface area contributed by atoms with Crippen molar-refractivity contribution in [1.29, 1.82) is 0 Å². The number of nitrogens with one attached hydrogen (secondary N) is 1. The highest BCUT2D eigenvalue weighted by atomic mass is 16.2. The van der Waals surface area contributed by atoms with Gasteiger partial charge in [-0.15, -0.1) is 0 Å². The van der Waals surface area contributed by atoms with Crippen LogP contribution in [0, 0.1) is 0 Å². The number of amides is 3. The average molecular weight is 344 g/mol. The number of carbonyl (C=O) groups excluding carboxylic acids is 2. The average Bonchev–Trinajstić information content (AvgIpc) is 2.84. The minimum absolute atomic E-state index is 0.00722. The molecule has 1 N–H and O–H groups in total. The van der Waals surface area contributed by atoms with Crippen molar-refractivity contribution in [1.82, 2.24) is 20.0 Å². The van der Waals surface area contributed by atoms with Crippen LogP contribution in [0.15, 0.2) is 30.3 Å². The van der Waals surface area contributed by atoms with E-state index in [1.54, 1.807) is 0 Å². The van der Waals surface area contributed by atoms with Gasteiger partial charge >= 0.3 is 6.03 Å². The van der Waals surface area contributed by atoms with Crippen LogP contribution in [0.5, 0.6) is 0 Å². The summed E-state index contributed by atoms with van der Waals surface area (Å²) >= 11 is 0. The van der Waals surface area contributed by atoms with Gasteiger partial charge in [-0.05, 0) is 25.3 Å². The molecule has 1 aromatic carbocycles. The molecule has 3 amide bonds. The summed E-state index contributed by atoms with van der Waals surface area (Å²) in [5, 5.41) is 2.86. The van der Waals surface area contributed by atoms with Gasteiger partial charge in [0.2, 0.25) is 5.91 Å². The van der Waals surface area contributed by atoms with E-state index < -0.39 is 0 Å². The molecule has 2 fully saturated rings. The highest BCUT2D eigenvalue weighted by Crippen LogP contribution is 2.21. The van der Waals surface area contributed by atoms with Crippen LogP contribution in [0.2, 0.25) is 0 Å². The molecule has 0 aromatic heterocycles. The number of hydrogen-bond donors (Lipinski definition) is 1. The van der Waals surface area contributed by atoms with E-state index in [1.165, 1.54) is 5.56 Å². The Labute approximate surface area is 149 Å². The number of hydrogen-bond acceptors (Lipinski definition) is 3. The Balaban J connectivity index is 1.56. The van der Waals surface area contributed by atoms with Gasteiger partial charge in [0, 0.05) is 45.8 Å². The van der Waals surface area contributed by atoms with Crippen LogP contribution in [0.25, 0.3) is 0 Å². The first kappa shape index (κ1) is 17.7. The first-order valence-corrected chi connectivity index (χ1v) is 9.28. The van der Waals surface area contributed by atoms with E-state index in [1.807, 2.05) is 34.9 Å². The van der Waals surface area contributed by atoms with Gasteiger partial charge in [-0.2, -0.15) is 0 Å². The Bertz CT molecular complexity index is 592. The van der Waals surface area contributed by atoms with Crippen LogP contribution in [-0.2, 0) is 11.3 Å². The fourth-order valence-corrected chi connectivity index (χ4v) is 3.74. The molecule has 1 aromatic rings. The van der Waals surface area contributed by atoms with Crippen molar-refractivity contribution in [3.05, 3.63) is 35.9 Å². The molecule has 6 heteroatoms. The minimum atomic E-state index is -0.0297. The Morgan fingerprint density at radius 2 is 1.92 bits per heavy atom. The molecular formula is C19H28N4O2. The van der Waals surface area contributed by atoms with Crippen LogP contribution in [0.4, 0.5) is 4.79 Å². The summed E-state index contributed by atoms with van der Waals surface area (Å²) in [7, 11) is 0. The lowest BCUT2D eigenvalue weighted by Crippen LogP contribution is -2.45. The van der Waals surface area contributed by atoms with E-state index in [2.05, 4.69) is 22.3 Å². The zero-order valence-corrected chi connectivity index (χ0v) is 15.0. The van der Waals surface area contributed by atoms with Gasteiger partial charge in [0.1, 0.15) is 0 Å². The van der Waals surface area contributed by atoms with Crippen molar-refractivity contribution >= 4 is 11.9 Å².